The molecule has 0 spiro atoms. The quantitative estimate of drug-likeness (QED) is 0.869. The van der Waals surface area contributed by atoms with Crippen LogP contribution in [0, 0.1) is 11.7 Å². The molecule has 0 aromatic heterocycles. The molecule has 1 aromatic carbocycles. The summed E-state index contributed by atoms with van der Waals surface area (Å²) in [7, 11) is 0. The molecule has 0 saturated carbocycles. The van der Waals surface area contributed by atoms with Gasteiger partial charge >= 0.3 is 0 Å². The summed E-state index contributed by atoms with van der Waals surface area (Å²) >= 11 is 0. The van der Waals surface area contributed by atoms with Crippen molar-refractivity contribution in [3.05, 3.63) is 29.6 Å². The number of nitrogens with zero attached hydrogens (tertiary/aromatic N) is 1. The van der Waals surface area contributed by atoms with Crippen LogP contribution in [0.3, 0.4) is 0 Å². The second-order valence-corrected chi connectivity index (χ2v) is 5.52. The van der Waals surface area contributed by atoms with Crippen molar-refractivity contribution in [1.29, 1.82) is 0 Å². The molecule has 1 aliphatic rings. The molecule has 1 N–H and O–H groups in total. The topological polar surface area (TPSA) is 23.5 Å². The lowest BCUT2D eigenvalue weighted by Crippen LogP contribution is -2.41. The van der Waals surface area contributed by atoms with E-state index in [4.69, 9.17) is 0 Å². The van der Waals surface area contributed by atoms with E-state index < -0.39 is 6.10 Å². The zero-order chi connectivity index (χ0) is 13.3. The highest BCUT2D eigenvalue weighted by molar-refractivity contribution is 5.56. The average Bonchev–Trinajstić information content (AvgIpc) is 2.28. The van der Waals surface area contributed by atoms with Gasteiger partial charge in [0.2, 0.25) is 0 Å². The molecule has 3 heteroatoms. The number of anilines is 1. The van der Waals surface area contributed by atoms with Crippen molar-refractivity contribution >= 4 is 5.69 Å². The normalized spacial score (nSPS) is 26.2. The number of piperidine rings is 1. The number of halogens is 1. The minimum atomic E-state index is -0.771. The van der Waals surface area contributed by atoms with E-state index in [2.05, 4.69) is 18.7 Å². The highest BCUT2D eigenvalue weighted by Crippen LogP contribution is 2.34. The van der Waals surface area contributed by atoms with E-state index in [9.17, 15) is 9.50 Å². The summed E-state index contributed by atoms with van der Waals surface area (Å²) < 4.78 is 13.9. The van der Waals surface area contributed by atoms with E-state index in [1.165, 1.54) is 6.07 Å². The van der Waals surface area contributed by atoms with Gasteiger partial charge in [0.05, 0.1) is 6.10 Å². The van der Waals surface area contributed by atoms with Crippen LogP contribution in [0.15, 0.2) is 18.2 Å². The Balaban J connectivity index is 2.36. The molecule has 1 aliphatic heterocycles. The van der Waals surface area contributed by atoms with Crippen molar-refractivity contribution in [2.45, 2.75) is 45.8 Å². The Morgan fingerprint density at radius 2 is 2.11 bits per heavy atom. The van der Waals surface area contributed by atoms with Gasteiger partial charge in [0.15, 0.2) is 0 Å². The molecular formula is C15H22FNO. The summed E-state index contributed by atoms with van der Waals surface area (Å²) in [5.74, 6) is 0.410. The van der Waals surface area contributed by atoms with E-state index in [0.29, 0.717) is 11.6 Å². The van der Waals surface area contributed by atoms with Gasteiger partial charge in [-0.05, 0) is 44.7 Å². The fraction of sp³-hybridized carbons (Fsp3) is 0.600. The minimum absolute atomic E-state index is 0.312. The van der Waals surface area contributed by atoms with Gasteiger partial charge in [-0.3, -0.25) is 0 Å². The Morgan fingerprint density at radius 3 is 2.72 bits per heavy atom. The van der Waals surface area contributed by atoms with Crippen molar-refractivity contribution in [3.8, 4) is 0 Å². The Bertz CT molecular complexity index is 419. The van der Waals surface area contributed by atoms with E-state index >= 15 is 0 Å². The molecular weight excluding hydrogens is 229 g/mol. The van der Waals surface area contributed by atoms with Crippen molar-refractivity contribution < 1.29 is 9.50 Å². The highest BCUT2D eigenvalue weighted by atomic mass is 19.1. The third-order valence-electron chi connectivity index (χ3n) is 3.90. The maximum atomic E-state index is 13.9. The van der Waals surface area contributed by atoms with Gasteiger partial charge in [0.1, 0.15) is 5.82 Å². The van der Waals surface area contributed by atoms with Crippen molar-refractivity contribution in [2.75, 3.05) is 11.4 Å². The monoisotopic (exact) mass is 251 g/mol. The lowest BCUT2D eigenvalue weighted by atomic mass is 9.92. The average molecular weight is 251 g/mol. The lowest BCUT2D eigenvalue weighted by molar-refractivity contribution is 0.194. The lowest BCUT2D eigenvalue weighted by Gasteiger charge is -2.39. The molecule has 2 nitrogen and oxygen atoms in total. The smallest absolute Gasteiger partial charge is 0.131 e. The highest BCUT2D eigenvalue weighted by Gasteiger charge is 2.26. The Labute approximate surface area is 108 Å². The Morgan fingerprint density at radius 1 is 1.39 bits per heavy atom. The number of aliphatic hydroxyl groups is 1. The standard InChI is InChI=1S/C15H22FNO/c1-10-7-8-17(11(2)9-10)14-6-4-5-13(16)15(14)12(3)18/h4-6,10-12,18H,7-9H2,1-3H3. The number of hydrogen-bond donors (Lipinski definition) is 1. The van der Waals surface area contributed by atoms with Crippen molar-refractivity contribution in [1.82, 2.24) is 0 Å². The number of hydrogen-bond acceptors (Lipinski definition) is 2. The van der Waals surface area contributed by atoms with Crippen LogP contribution in [0.2, 0.25) is 0 Å². The molecule has 0 bridgehead atoms. The summed E-state index contributed by atoms with van der Waals surface area (Å²) in [6, 6.07) is 5.45. The molecule has 1 fully saturated rings. The molecule has 0 aliphatic carbocycles. The van der Waals surface area contributed by atoms with Crippen LogP contribution in [-0.2, 0) is 0 Å². The van der Waals surface area contributed by atoms with Gasteiger partial charge in [-0.2, -0.15) is 0 Å². The minimum Gasteiger partial charge on any atom is -0.389 e. The maximum Gasteiger partial charge on any atom is 0.131 e. The van der Waals surface area contributed by atoms with Crippen LogP contribution in [0.5, 0.6) is 0 Å². The second kappa shape index (κ2) is 5.27. The van der Waals surface area contributed by atoms with Crippen molar-refractivity contribution in [2.24, 2.45) is 5.92 Å². The van der Waals surface area contributed by atoms with Crippen LogP contribution >= 0.6 is 0 Å². The van der Waals surface area contributed by atoms with Crippen LogP contribution in [0.4, 0.5) is 10.1 Å². The first-order valence-corrected chi connectivity index (χ1v) is 6.73. The first kappa shape index (κ1) is 13.3. The number of rotatable bonds is 2. The molecule has 3 unspecified atom stereocenters. The molecule has 18 heavy (non-hydrogen) atoms. The zero-order valence-electron chi connectivity index (χ0n) is 11.4. The predicted octanol–water partition coefficient (Wildman–Crippen LogP) is 3.50. The molecule has 0 radical (unpaired) electrons. The molecule has 0 amide bonds. The summed E-state index contributed by atoms with van der Waals surface area (Å²) in [4.78, 5) is 2.23. The molecule has 1 heterocycles. The molecule has 1 aromatic rings. The van der Waals surface area contributed by atoms with Crippen LogP contribution in [-0.4, -0.2) is 17.7 Å². The van der Waals surface area contributed by atoms with Gasteiger partial charge in [-0.25, -0.2) is 4.39 Å². The summed E-state index contributed by atoms with van der Waals surface area (Å²) in [5.41, 5.74) is 1.28. The molecule has 3 atom stereocenters. The Hall–Kier alpha value is -1.09. The largest absolute Gasteiger partial charge is 0.389 e. The van der Waals surface area contributed by atoms with Crippen LogP contribution < -0.4 is 4.90 Å². The first-order chi connectivity index (χ1) is 8.50. The van der Waals surface area contributed by atoms with Crippen molar-refractivity contribution in [3.63, 3.8) is 0 Å². The molecule has 1 saturated heterocycles. The van der Waals surface area contributed by atoms with Gasteiger partial charge in [-0.1, -0.05) is 13.0 Å². The molecule has 100 valence electrons. The summed E-state index contributed by atoms with van der Waals surface area (Å²) in [6.45, 7) is 6.99. The summed E-state index contributed by atoms with van der Waals surface area (Å²) in [6.07, 6.45) is 1.48. The third-order valence-corrected chi connectivity index (χ3v) is 3.90. The van der Waals surface area contributed by atoms with Crippen LogP contribution in [0.25, 0.3) is 0 Å². The van der Waals surface area contributed by atoms with Gasteiger partial charge in [-0.15, -0.1) is 0 Å². The summed E-state index contributed by atoms with van der Waals surface area (Å²) in [5, 5.41) is 9.79. The van der Waals surface area contributed by atoms with Crippen LogP contribution in [0.1, 0.15) is 45.3 Å². The fourth-order valence-corrected chi connectivity index (χ4v) is 2.95. The Kier molecular flexibility index (Phi) is 3.91. The van der Waals surface area contributed by atoms with E-state index in [-0.39, 0.29) is 5.82 Å². The van der Waals surface area contributed by atoms with Gasteiger partial charge in [0, 0.05) is 23.8 Å². The van der Waals surface area contributed by atoms with Gasteiger partial charge in [0.25, 0.3) is 0 Å². The van der Waals surface area contributed by atoms with Gasteiger partial charge < -0.3 is 10.0 Å². The SMILES string of the molecule is CC1CCN(c2cccc(F)c2C(C)O)C(C)C1. The van der Waals surface area contributed by atoms with E-state index in [1.807, 2.05) is 6.07 Å². The van der Waals surface area contributed by atoms with E-state index in [0.717, 1.165) is 31.0 Å². The number of aliphatic hydroxyl groups excluding tert-OH is 1. The zero-order valence-corrected chi connectivity index (χ0v) is 11.4. The second-order valence-electron chi connectivity index (χ2n) is 5.52. The fourth-order valence-electron chi connectivity index (χ4n) is 2.95. The predicted molar refractivity (Wildman–Crippen MR) is 72.2 cm³/mol. The first-order valence-electron chi connectivity index (χ1n) is 6.73. The maximum absolute atomic E-state index is 13.9. The third kappa shape index (κ3) is 2.51. The number of benzene rings is 1. The molecule has 2 rings (SSSR count). The van der Waals surface area contributed by atoms with E-state index in [1.54, 1.807) is 13.0 Å².